The van der Waals surface area contributed by atoms with Gasteiger partial charge in [0.25, 0.3) is 0 Å². The van der Waals surface area contributed by atoms with Gasteiger partial charge in [-0.15, -0.1) is 0 Å². The fourth-order valence-electron chi connectivity index (χ4n) is 11.2. The van der Waals surface area contributed by atoms with Crippen LogP contribution in [0.25, 0.3) is 141 Å². The van der Waals surface area contributed by atoms with Gasteiger partial charge in [0.1, 0.15) is 0 Å². The first-order valence-corrected chi connectivity index (χ1v) is 22.3. The van der Waals surface area contributed by atoms with E-state index >= 15 is 0 Å². The van der Waals surface area contributed by atoms with Crippen molar-refractivity contribution in [1.29, 1.82) is 0 Å². The van der Waals surface area contributed by atoms with E-state index in [0.717, 1.165) is 0 Å². The third-order valence-corrected chi connectivity index (χ3v) is 14.2. The summed E-state index contributed by atoms with van der Waals surface area (Å²) in [5.41, 5.74) is 10.0. The highest BCUT2D eigenvalue weighted by Crippen LogP contribution is 2.47. The molecular weight excluding hydrogens is 769 g/mol. The van der Waals surface area contributed by atoms with Crippen molar-refractivity contribution in [2.24, 2.45) is 0 Å². The van der Waals surface area contributed by atoms with Gasteiger partial charge in [0, 0.05) is 0 Å². The van der Waals surface area contributed by atoms with Gasteiger partial charge >= 0.3 is 0 Å². The summed E-state index contributed by atoms with van der Waals surface area (Å²) < 4.78 is 0. The van der Waals surface area contributed by atoms with E-state index in [1.54, 1.807) is 0 Å². The van der Waals surface area contributed by atoms with E-state index in [-0.39, 0.29) is 0 Å². The van der Waals surface area contributed by atoms with E-state index in [2.05, 4.69) is 231 Å². The Balaban J connectivity index is 0.992. The zero-order chi connectivity index (χ0) is 41.9. The van der Waals surface area contributed by atoms with E-state index in [1.807, 2.05) is 0 Å². The first-order chi connectivity index (χ1) is 31.7. The molecule has 0 saturated heterocycles. The molecule has 0 aliphatic rings. The molecule has 0 aliphatic carbocycles. The second-order valence-electron chi connectivity index (χ2n) is 17.5. The molecule has 0 bridgehead atoms. The number of rotatable bonds is 4. The molecule has 0 spiro atoms. The molecule has 0 heterocycles. The molecule has 0 radical (unpaired) electrons. The van der Waals surface area contributed by atoms with Crippen LogP contribution < -0.4 is 0 Å². The number of benzene rings is 14. The maximum absolute atomic E-state index is 2.42. The molecule has 14 aromatic rings. The SMILES string of the molecule is c1ccc2c(-c3ccc4c(-c5ccc6ccc7c(-c8cc9ccccc9c9cc(-c%10cccc%11ccccc%10%11)ccc89)ccc8ccc5c6c87)cc5ccccc5c4c3)cccc2c1. The first kappa shape index (κ1) is 35.3. The predicted octanol–water partition coefficient (Wildman–Crippen LogP) is 18.2. The van der Waals surface area contributed by atoms with Crippen molar-refractivity contribution in [3.63, 3.8) is 0 Å². The Hall–Kier alpha value is -8.32. The van der Waals surface area contributed by atoms with Crippen molar-refractivity contribution >= 4 is 97.0 Å². The Morgan fingerprint density at radius 1 is 0.156 bits per heavy atom. The van der Waals surface area contributed by atoms with Crippen LogP contribution in [0.15, 0.2) is 231 Å². The Labute approximate surface area is 370 Å². The Bertz CT molecular complexity index is 3960. The second-order valence-corrected chi connectivity index (χ2v) is 17.5. The predicted molar refractivity (Wildman–Crippen MR) is 277 cm³/mol. The summed E-state index contributed by atoms with van der Waals surface area (Å²) in [4.78, 5) is 0. The topological polar surface area (TPSA) is 0 Å². The number of fused-ring (bicyclic) bond motifs is 8. The molecule has 0 aliphatic heterocycles. The summed E-state index contributed by atoms with van der Waals surface area (Å²) in [6.07, 6.45) is 0. The average Bonchev–Trinajstić information content (AvgIpc) is 3.36. The molecule has 14 rings (SSSR count). The fourth-order valence-corrected chi connectivity index (χ4v) is 11.2. The highest BCUT2D eigenvalue weighted by molar-refractivity contribution is 6.30. The third kappa shape index (κ3) is 5.17. The third-order valence-electron chi connectivity index (χ3n) is 14.2. The molecule has 0 aromatic heterocycles. The number of hydrogen-bond donors (Lipinski definition) is 0. The zero-order valence-electron chi connectivity index (χ0n) is 34.9. The van der Waals surface area contributed by atoms with E-state index < -0.39 is 0 Å². The summed E-state index contributed by atoms with van der Waals surface area (Å²) in [5.74, 6) is 0. The van der Waals surface area contributed by atoms with Gasteiger partial charge in [-0.3, -0.25) is 0 Å². The lowest BCUT2D eigenvalue weighted by atomic mass is 9.84. The monoisotopic (exact) mass is 806 g/mol. The van der Waals surface area contributed by atoms with E-state index in [9.17, 15) is 0 Å². The Morgan fingerprint density at radius 3 is 1.00 bits per heavy atom. The lowest BCUT2D eigenvalue weighted by Crippen LogP contribution is -1.92. The van der Waals surface area contributed by atoms with Crippen LogP contribution in [0.4, 0.5) is 0 Å². The van der Waals surface area contributed by atoms with Crippen molar-refractivity contribution in [2.75, 3.05) is 0 Å². The van der Waals surface area contributed by atoms with Crippen molar-refractivity contribution in [1.82, 2.24) is 0 Å². The van der Waals surface area contributed by atoms with Crippen molar-refractivity contribution in [3.05, 3.63) is 231 Å². The summed E-state index contributed by atoms with van der Waals surface area (Å²) in [7, 11) is 0. The Morgan fingerprint density at radius 2 is 0.531 bits per heavy atom. The van der Waals surface area contributed by atoms with Gasteiger partial charge in [-0.05, 0) is 166 Å². The minimum atomic E-state index is 1.24. The summed E-state index contributed by atoms with van der Waals surface area (Å²) in [6.45, 7) is 0. The van der Waals surface area contributed by atoms with Gasteiger partial charge in [0.15, 0.2) is 0 Å². The van der Waals surface area contributed by atoms with E-state index in [4.69, 9.17) is 0 Å². The largest absolute Gasteiger partial charge is 0.0616 e. The van der Waals surface area contributed by atoms with Crippen LogP contribution in [0, 0.1) is 0 Å². The molecule has 0 atom stereocenters. The molecule has 0 amide bonds. The molecule has 14 aromatic carbocycles. The first-order valence-electron chi connectivity index (χ1n) is 22.3. The summed E-state index contributed by atoms with van der Waals surface area (Å²) in [5, 5.41) is 23.0. The standard InChI is InChI=1S/C64H38/c1-5-17-47-39(11-1)15-9-21-49(47)45-27-31-55-59(37-45)51-19-7-3-13-43(51)35-61(55)53-29-23-41-26-34-58-54(30-24-42-25-33-57(53)63(41)64(42)58)62-36-44-14-4-8-20-52(44)60-38-46(28-32-56(60)62)50-22-10-16-40-12-2-6-18-48(40)50/h1-38H. The van der Waals surface area contributed by atoms with Crippen LogP contribution in [0.2, 0.25) is 0 Å². The number of hydrogen-bond acceptors (Lipinski definition) is 0. The molecule has 0 fully saturated rings. The van der Waals surface area contributed by atoms with Gasteiger partial charge in [0.2, 0.25) is 0 Å². The molecular formula is C64H38. The van der Waals surface area contributed by atoms with Crippen LogP contribution in [0.5, 0.6) is 0 Å². The van der Waals surface area contributed by atoms with Crippen LogP contribution in [0.1, 0.15) is 0 Å². The van der Waals surface area contributed by atoms with Gasteiger partial charge in [-0.25, -0.2) is 0 Å². The molecule has 64 heavy (non-hydrogen) atoms. The summed E-state index contributed by atoms with van der Waals surface area (Å²) in [6, 6.07) is 86.3. The molecule has 0 heteroatoms. The van der Waals surface area contributed by atoms with Gasteiger partial charge in [-0.1, -0.05) is 206 Å². The molecule has 0 nitrogen and oxygen atoms in total. The fraction of sp³-hybridized carbons (Fsp3) is 0. The van der Waals surface area contributed by atoms with E-state index in [1.165, 1.54) is 141 Å². The normalized spacial score (nSPS) is 12.1. The molecule has 294 valence electrons. The van der Waals surface area contributed by atoms with Crippen LogP contribution in [-0.4, -0.2) is 0 Å². The smallest absolute Gasteiger partial charge is 0.00203 e. The van der Waals surface area contributed by atoms with Gasteiger partial charge in [-0.2, -0.15) is 0 Å². The lowest BCUT2D eigenvalue weighted by molar-refractivity contribution is 1.67. The van der Waals surface area contributed by atoms with Crippen LogP contribution in [-0.2, 0) is 0 Å². The lowest BCUT2D eigenvalue weighted by Gasteiger charge is -2.19. The molecule has 0 saturated carbocycles. The van der Waals surface area contributed by atoms with Crippen LogP contribution in [0.3, 0.4) is 0 Å². The Kier molecular flexibility index (Phi) is 7.49. The average molecular weight is 807 g/mol. The summed E-state index contributed by atoms with van der Waals surface area (Å²) >= 11 is 0. The maximum Gasteiger partial charge on any atom is -0.00203 e. The minimum absolute atomic E-state index is 1.24. The van der Waals surface area contributed by atoms with Gasteiger partial charge in [0.05, 0.1) is 0 Å². The van der Waals surface area contributed by atoms with Crippen molar-refractivity contribution < 1.29 is 0 Å². The van der Waals surface area contributed by atoms with E-state index in [0.29, 0.717) is 0 Å². The van der Waals surface area contributed by atoms with Crippen LogP contribution >= 0.6 is 0 Å². The van der Waals surface area contributed by atoms with Crippen molar-refractivity contribution in [2.45, 2.75) is 0 Å². The highest BCUT2D eigenvalue weighted by Gasteiger charge is 2.19. The molecule has 0 N–H and O–H groups in total. The maximum atomic E-state index is 2.42. The quantitative estimate of drug-likeness (QED) is 0.155. The molecule has 0 unspecified atom stereocenters. The highest BCUT2D eigenvalue weighted by atomic mass is 14.2. The van der Waals surface area contributed by atoms with Crippen molar-refractivity contribution in [3.8, 4) is 44.5 Å². The second kappa shape index (κ2) is 13.6. The minimum Gasteiger partial charge on any atom is -0.0616 e. The van der Waals surface area contributed by atoms with Gasteiger partial charge < -0.3 is 0 Å². The zero-order valence-corrected chi connectivity index (χ0v) is 34.9.